The number of aryl methyl sites for hydroxylation is 1. The van der Waals surface area contributed by atoms with Crippen molar-refractivity contribution >= 4 is 5.91 Å². The SMILES string of the molecule is O=C([C@@H]1CCc2ccccc21)N1CCc2nc[nH]c2C1. The number of hydrogen-bond acceptors (Lipinski definition) is 2. The first-order chi connectivity index (χ1) is 9.83. The fourth-order valence-electron chi connectivity index (χ4n) is 3.43. The van der Waals surface area contributed by atoms with Crippen molar-refractivity contribution in [3.8, 4) is 0 Å². The van der Waals surface area contributed by atoms with Gasteiger partial charge in [0.1, 0.15) is 0 Å². The molecule has 0 bridgehead atoms. The number of rotatable bonds is 1. The van der Waals surface area contributed by atoms with Gasteiger partial charge in [0.15, 0.2) is 0 Å². The van der Waals surface area contributed by atoms with E-state index in [9.17, 15) is 4.79 Å². The number of hydrogen-bond donors (Lipinski definition) is 1. The van der Waals surface area contributed by atoms with Crippen molar-refractivity contribution in [2.75, 3.05) is 6.54 Å². The highest BCUT2D eigenvalue weighted by atomic mass is 16.2. The molecule has 1 aliphatic carbocycles. The molecule has 4 nitrogen and oxygen atoms in total. The summed E-state index contributed by atoms with van der Waals surface area (Å²) in [5.41, 5.74) is 4.77. The van der Waals surface area contributed by atoms with E-state index in [1.54, 1.807) is 6.33 Å². The normalized spacial score (nSPS) is 20.6. The minimum atomic E-state index is 0.0515. The Balaban J connectivity index is 1.58. The monoisotopic (exact) mass is 267 g/mol. The highest BCUT2D eigenvalue weighted by molar-refractivity contribution is 5.85. The molecule has 2 aromatic rings. The van der Waals surface area contributed by atoms with Crippen molar-refractivity contribution in [3.63, 3.8) is 0 Å². The van der Waals surface area contributed by atoms with Crippen molar-refractivity contribution in [3.05, 3.63) is 53.1 Å². The van der Waals surface area contributed by atoms with Crippen molar-refractivity contribution < 1.29 is 4.79 Å². The van der Waals surface area contributed by atoms with Crippen LogP contribution in [0.5, 0.6) is 0 Å². The van der Waals surface area contributed by atoms with Crippen molar-refractivity contribution in [1.29, 1.82) is 0 Å². The lowest BCUT2D eigenvalue weighted by molar-refractivity contribution is -0.133. The van der Waals surface area contributed by atoms with E-state index in [-0.39, 0.29) is 11.8 Å². The summed E-state index contributed by atoms with van der Waals surface area (Å²) in [6.07, 6.45) is 4.56. The minimum Gasteiger partial charge on any atom is -0.347 e. The van der Waals surface area contributed by atoms with Gasteiger partial charge in [0.25, 0.3) is 0 Å². The van der Waals surface area contributed by atoms with E-state index in [2.05, 4.69) is 28.2 Å². The van der Waals surface area contributed by atoms with Crippen LogP contribution in [-0.4, -0.2) is 27.3 Å². The maximum Gasteiger partial charge on any atom is 0.230 e. The lowest BCUT2D eigenvalue weighted by atomic mass is 9.98. The Morgan fingerprint density at radius 3 is 3.15 bits per heavy atom. The fraction of sp³-hybridized carbons (Fsp3) is 0.375. The number of carbonyl (C=O) groups is 1. The maximum atomic E-state index is 12.8. The van der Waals surface area contributed by atoms with Crippen LogP contribution < -0.4 is 0 Å². The van der Waals surface area contributed by atoms with Crippen LogP contribution in [0.1, 0.15) is 34.9 Å². The van der Waals surface area contributed by atoms with Crippen molar-refractivity contribution in [2.24, 2.45) is 0 Å². The Hall–Kier alpha value is -2.10. The molecule has 0 fully saturated rings. The zero-order chi connectivity index (χ0) is 13.5. The molecule has 102 valence electrons. The number of amides is 1. The zero-order valence-electron chi connectivity index (χ0n) is 11.3. The van der Waals surface area contributed by atoms with Crippen LogP contribution in [0.25, 0.3) is 0 Å². The first-order valence-corrected chi connectivity index (χ1v) is 7.20. The number of aromatic nitrogens is 2. The first-order valence-electron chi connectivity index (χ1n) is 7.20. The molecule has 0 unspecified atom stereocenters. The quantitative estimate of drug-likeness (QED) is 0.859. The van der Waals surface area contributed by atoms with Crippen LogP contribution >= 0.6 is 0 Å². The van der Waals surface area contributed by atoms with E-state index in [0.29, 0.717) is 6.54 Å². The molecular weight excluding hydrogens is 250 g/mol. The molecule has 0 saturated carbocycles. The molecule has 1 N–H and O–H groups in total. The average molecular weight is 267 g/mol. The first kappa shape index (κ1) is 11.7. The summed E-state index contributed by atoms with van der Waals surface area (Å²) >= 11 is 0. The third-order valence-electron chi connectivity index (χ3n) is 4.52. The Morgan fingerprint density at radius 1 is 1.30 bits per heavy atom. The molecule has 1 aromatic carbocycles. The molecule has 2 heterocycles. The molecule has 0 saturated heterocycles. The van der Waals surface area contributed by atoms with E-state index < -0.39 is 0 Å². The largest absolute Gasteiger partial charge is 0.347 e. The van der Waals surface area contributed by atoms with Gasteiger partial charge in [-0.2, -0.15) is 0 Å². The van der Waals surface area contributed by atoms with Crippen molar-refractivity contribution in [1.82, 2.24) is 14.9 Å². The summed E-state index contributed by atoms with van der Waals surface area (Å²) in [5, 5.41) is 0. The van der Waals surface area contributed by atoms with Gasteiger partial charge in [-0.1, -0.05) is 24.3 Å². The van der Waals surface area contributed by atoms with Crippen LogP contribution in [0.3, 0.4) is 0 Å². The van der Waals surface area contributed by atoms with Crippen LogP contribution in [0, 0.1) is 0 Å². The standard InChI is InChI=1S/C16H17N3O/c20-16(13-6-5-11-3-1-2-4-12(11)13)19-8-7-14-15(9-19)18-10-17-14/h1-4,10,13H,5-9H2,(H,17,18)/t13-/m1/s1. The van der Waals surface area contributed by atoms with Gasteiger partial charge in [0.2, 0.25) is 5.91 Å². The topological polar surface area (TPSA) is 49.0 Å². The van der Waals surface area contributed by atoms with Gasteiger partial charge in [-0.3, -0.25) is 4.79 Å². The van der Waals surface area contributed by atoms with Gasteiger partial charge in [0, 0.05) is 13.0 Å². The van der Waals surface area contributed by atoms with Gasteiger partial charge < -0.3 is 9.88 Å². The summed E-state index contributed by atoms with van der Waals surface area (Å²) in [4.78, 5) is 22.2. The summed E-state index contributed by atoms with van der Waals surface area (Å²) in [5.74, 6) is 0.325. The molecule has 1 aromatic heterocycles. The summed E-state index contributed by atoms with van der Waals surface area (Å²) < 4.78 is 0. The van der Waals surface area contributed by atoms with E-state index in [4.69, 9.17) is 0 Å². The number of H-pyrrole nitrogens is 1. The summed E-state index contributed by atoms with van der Waals surface area (Å²) in [6.45, 7) is 1.46. The van der Waals surface area contributed by atoms with E-state index >= 15 is 0 Å². The van der Waals surface area contributed by atoms with E-state index in [0.717, 1.165) is 37.2 Å². The lowest BCUT2D eigenvalue weighted by Crippen LogP contribution is -2.38. The molecule has 4 heteroatoms. The highest BCUT2D eigenvalue weighted by Crippen LogP contribution is 2.35. The van der Waals surface area contributed by atoms with Crippen LogP contribution in [0.15, 0.2) is 30.6 Å². The second-order valence-corrected chi connectivity index (χ2v) is 5.63. The number of benzene rings is 1. The third kappa shape index (κ3) is 1.75. The predicted molar refractivity (Wildman–Crippen MR) is 75.2 cm³/mol. The third-order valence-corrected chi connectivity index (χ3v) is 4.52. The minimum absolute atomic E-state index is 0.0515. The molecule has 0 radical (unpaired) electrons. The average Bonchev–Trinajstić information content (AvgIpc) is 3.12. The number of nitrogens with one attached hydrogen (secondary N) is 1. The lowest BCUT2D eigenvalue weighted by Gasteiger charge is -2.29. The number of imidazole rings is 1. The molecule has 1 aliphatic heterocycles. The van der Waals surface area contributed by atoms with Crippen LogP contribution in [0.4, 0.5) is 0 Å². The van der Waals surface area contributed by atoms with Gasteiger partial charge >= 0.3 is 0 Å². The fourth-order valence-corrected chi connectivity index (χ4v) is 3.43. The second-order valence-electron chi connectivity index (χ2n) is 5.63. The zero-order valence-corrected chi connectivity index (χ0v) is 11.3. The predicted octanol–water partition coefficient (Wildman–Crippen LogP) is 2.02. The van der Waals surface area contributed by atoms with Gasteiger partial charge in [-0.25, -0.2) is 4.98 Å². The Kier molecular flexibility index (Phi) is 2.62. The van der Waals surface area contributed by atoms with Crippen molar-refractivity contribution in [2.45, 2.75) is 31.7 Å². The van der Waals surface area contributed by atoms with Gasteiger partial charge in [-0.05, 0) is 24.0 Å². The molecule has 0 spiro atoms. The van der Waals surface area contributed by atoms with Crippen LogP contribution in [-0.2, 0) is 24.2 Å². The molecule has 4 rings (SSSR count). The Labute approximate surface area is 117 Å². The smallest absolute Gasteiger partial charge is 0.230 e. The summed E-state index contributed by atoms with van der Waals surface area (Å²) in [7, 11) is 0. The van der Waals surface area contributed by atoms with Crippen LogP contribution in [0.2, 0.25) is 0 Å². The molecular formula is C16H17N3O. The molecule has 1 atom stereocenters. The van der Waals surface area contributed by atoms with E-state index in [1.165, 1.54) is 11.1 Å². The van der Waals surface area contributed by atoms with E-state index in [1.807, 2.05) is 11.0 Å². The van der Waals surface area contributed by atoms with Gasteiger partial charge in [-0.15, -0.1) is 0 Å². The number of carbonyl (C=O) groups excluding carboxylic acids is 1. The Bertz CT molecular complexity index is 661. The Morgan fingerprint density at radius 2 is 2.20 bits per heavy atom. The number of fused-ring (bicyclic) bond motifs is 2. The number of nitrogens with zero attached hydrogens (tertiary/aromatic N) is 2. The molecule has 20 heavy (non-hydrogen) atoms. The molecule has 1 amide bonds. The molecule has 2 aliphatic rings. The second kappa shape index (κ2) is 4.47. The van der Waals surface area contributed by atoms with Gasteiger partial charge in [0.05, 0.1) is 30.2 Å². The summed E-state index contributed by atoms with van der Waals surface area (Å²) in [6, 6.07) is 8.35. The maximum absolute atomic E-state index is 12.8. The number of aromatic amines is 1. The highest BCUT2D eigenvalue weighted by Gasteiger charge is 2.33.